The number of hydrogen-bond acceptors (Lipinski definition) is 2. The minimum atomic E-state index is 0.0709. The molecular formula is C28H30N2. The fourth-order valence-corrected chi connectivity index (χ4v) is 3.64. The lowest BCUT2D eigenvalue weighted by atomic mass is 9.99. The highest BCUT2D eigenvalue weighted by molar-refractivity contribution is 5.87. The number of aliphatic imine (C=N–C) groups is 1. The van der Waals surface area contributed by atoms with Crippen LogP contribution in [0, 0.1) is 0 Å². The van der Waals surface area contributed by atoms with Gasteiger partial charge >= 0.3 is 0 Å². The molecule has 0 heterocycles. The van der Waals surface area contributed by atoms with Crippen LogP contribution in [0.2, 0.25) is 0 Å². The Hall–Kier alpha value is -3.23. The normalized spacial score (nSPS) is 12.3. The first-order valence-electron chi connectivity index (χ1n) is 10.7. The van der Waals surface area contributed by atoms with E-state index in [1.54, 1.807) is 0 Å². The highest BCUT2D eigenvalue weighted by Crippen LogP contribution is 2.27. The number of nitrogens with zero attached hydrogens (tertiary/aromatic N) is 1. The first-order valence-corrected chi connectivity index (χ1v) is 10.7. The van der Waals surface area contributed by atoms with Crippen LogP contribution in [0.4, 0.5) is 0 Å². The number of benzene rings is 4. The lowest BCUT2D eigenvalue weighted by Gasteiger charge is -2.17. The summed E-state index contributed by atoms with van der Waals surface area (Å²) in [6, 6.07) is 30.0. The van der Waals surface area contributed by atoms with Crippen LogP contribution in [-0.2, 0) is 0 Å². The standard InChI is InChI=1S/C26H24N2.C2H6/c1-3-28-26(24-15-13-20-9-5-7-11-22(20)17-24)18-25(27-2)23-14-12-19-8-4-6-10-21(19)16-23;1-2/h4-18,26,28H,2-3H2,1H3;1-2H3/b25-18-;. The van der Waals surface area contributed by atoms with E-state index in [0.717, 1.165) is 17.8 Å². The van der Waals surface area contributed by atoms with Gasteiger partial charge in [0.25, 0.3) is 0 Å². The largest absolute Gasteiger partial charge is 0.307 e. The Bertz CT molecular complexity index is 1160. The van der Waals surface area contributed by atoms with E-state index < -0.39 is 0 Å². The summed E-state index contributed by atoms with van der Waals surface area (Å²) in [5, 5.41) is 8.51. The highest BCUT2D eigenvalue weighted by Gasteiger charge is 2.11. The zero-order valence-corrected chi connectivity index (χ0v) is 18.1. The predicted molar refractivity (Wildman–Crippen MR) is 133 cm³/mol. The van der Waals surface area contributed by atoms with Crippen molar-refractivity contribution in [3.63, 3.8) is 0 Å². The first kappa shape index (κ1) is 21.5. The molecule has 1 atom stereocenters. The van der Waals surface area contributed by atoms with E-state index in [1.807, 2.05) is 13.8 Å². The van der Waals surface area contributed by atoms with E-state index in [0.29, 0.717) is 0 Å². The van der Waals surface area contributed by atoms with Crippen LogP contribution in [0.25, 0.3) is 27.2 Å². The van der Waals surface area contributed by atoms with Crippen LogP contribution >= 0.6 is 0 Å². The van der Waals surface area contributed by atoms with Gasteiger partial charge in [-0.05, 0) is 58.6 Å². The van der Waals surface area contributed by atoms with Gasteiger partial charge in [0.15, 0.2) is 0 Å². The van der Waals surface area contributed by atoms with Crippen molar-refractivity contribution < 1.29 is 0 Å². The predicted octanol–water partition coefficient (Wildman–Crippen LogP) is 7.41. The van der Waals surface area contributed by atoms with Gasteiger partial charge in [0.1, 0.15) is 0 Å². The lowest BCUT2D eigenvalue weighted by Crippen LogP contribution is -2.19. The van der Waals surface area contributed by atoms with E-state index in [9.17, 15) is 0 Å². The van der Waals surface area contributed by atoms with Gasteiger partial charge in [-0.1, -0.05) is 93.6 Å². The summed E-state index contributed by atoms with van der Waals surface area (Å²) < 4.78 is 0. The summed E-state index contributed by atoms with van der Waals surface area (Å²) in [4.78, 5) is 4.35. The van der Waals surface area contributed by atoms with Crippen molar-refractivity contribution in [2.45, 2.75) is 26.8 Å². The lowest BCUT2D eigenvalue weighted by molar-refractivity contribution is 0.649. The maximum Gasteiger partial charge on any atom is 0.0674 e. The molecule has 0 aliphatic carbocycles. The molecule has 152 valence electrons. The van der Waals surface area contributed by atoms with Gasteiger partial charge in [-0.25, -0.2) is 0 Å². The average Bonchev–Trinajstić information content (AvgIpc) is 2.82. The van der Waals surface area contributed by atoms with Gasteiger partial charge in [0.05, 0.1) is 11.7 Å². The molecule has 4 aromatic carbocycles. The van der Waals surface area contributed by atoms with E-state index in [-0.39, 0.29) is 6.04 Å². The average molecular weight is 395 g/mol. The maximum atomic E-state index is 4.35. The molecule has 0 radical (unpaired) electrons. The Morgan fingerprint density at radius 2 is 1.40 bits per heavy atom. The third-order valence-corrected chi connectivity index (χ3v) is 5.10. The minimum absolute atomic E-state index is 0.0709. The molecule has 1 N–H and O–H groups in total. The van der Waals surface area contributed by atoms with Crippen LogP contribution in [0.3, 0.4) is 0 Å². The quantitative estimate of drug-likeness (QED) is 0.338. The zero-order chi connectivity index (χ0) is 21.3. The van der Waals surface area contributed by atoms with E-state index in [2.05, 4.69) is 115 Å². The molecule has 1 unspecified atom stereocenters. The summed E-state index contributed by atoms with van der Waals surface area (Å²) in [5.41, 5.74) is 3.20. The van der Waals surface area contributed by atoms with Gasteiger partial charge in [0.2, 0.25) is 0 Å². The maximum absolute atomic E-state index is 4.35. The monoisotopic (exact) mass is 394 g/mol. The third-order valence-electron chi connectivity index (χ3n) is 5.10. The van der Waals surface area contributed by atoms with Crippen molar-refractivity contribution in [2.24, 2.45) is 4.99 Å². The van der Waals surface area contributed by atoms with Crippen LogP contribution in [0.1, 0.15) is 37.9 Å². The molecule has 30 heavy (non-hydrogen) atoms. The van der Waals surface area contributed by atoms with Crippen molar-refractivity contribution >= 4 is 34.0 Å². The van der Waals surface area contributed by atoms with Gasteiger partial charge in [-0.15, -0.1) is 0 Å². The van der Waals surface area contributed by atoms with E-state index >= 15 is 0 Å². The molecule has 0 fully saturated rings. The topological polar surface area (TPSA) is 24.4 Å². The Labute approximate surface area is 180 Å². The zero-order valence-electron chi connectivity index (χ0n) is 18.1. The first-order chi connectivity index (χ1) is 14.8. The summed E-state index contributed by atoms with van der Waals surface area (Å²) in [6.07, 6.45) is 2.17. The Morgan fingerprint density at radius 1 is 0.833 bits per heavy atom. The number of fused-ring (bicyclic) bond motifs is 2. The highest BCUT2D eigenvalue weighted by atomic mass is 14.9. The molecule has 0 saturated heterocycles. The molecule has 0 aliphatic rings. The Morgan fingerprint density at radius 3 is 2.00 bits per heavy atom. The van der Waals surface area contributed by atoms with Crippen LogP contribution in [0.5, 0.6) is 0 Å². The molecule has 0 spiro atoms. The van der Waals surface area contributed by atoms with E-state index in [4.69, 9.17) is 0 Å². The minimum Gasteiger partial charge on any atom is -0.307 e. The molecule has 0 saturated carbocycles. The van der Waals surface area contributed by atoms with E-state index in [1.165, 1.54) is 27.1 Å². The summed E-state index contributed by atoms with van der Waals surface area (Å²) in [6.45, 7) is 10.8. The summed E-state index contributed by atoms with van der Waals surface area (Å²) in [7, 11) is 0. The number of hydrogen-bond donors (Lipinski definition) is 1. The van der Waals surface area contributed by atoms with Crippen molar-refractivity contribution in [1.29, 1.82) is 0 Å². The molecule has 0 bridgehead atoms. The second-order valence-corrected chi connectivity index (χ2v) is 6.91. The Balaban J connectivity index is 0.00000124. The fourth-order valence-electron chi connectivity index (χ4n) is 3.64. The van der Waals surface area contributed by atoms with Crippen molar-refractivity contribution in [1.82, 2.24) is 5.32 Å². The van der Waals surface area contributed by atoms with Gasteiger partial charge in [-0.3, -0.25) is 4.99 Å². The molecular weight excluding hydrogens is 364 g/mol. The van der Waals surface area contributed by atoms with Crippen molar-refractivity contribution in [2.75, 3.05) is 6.54 Å². The van der Waals surface area contributed by atoms with Crippen molar-refractivity contribution in [3.05, 3.63) is 102 Å². The second-order valence-electron chi connectivity index (χ2n) is 6.91. The van der Waals surface area contributed by atoms with Gasteiger partial charge in [0, 0.05) is 5.56 Å². The molecule has 2 nitrogen and oxygen atoms in total. The SMILES string of the molecule is C=N/C(=C\C(NCC)c1ccc2ccccc2c1)c1ccc2ccccc2c1.CC. The van der Waals surface area contributed by atoms with Gasteiger partial charge in [-0.2, -0.15) is 0 Å². The summed E-state index contributed by atoms with van der Waals surface area (Å²) >= 11 is 0. The molecule has 0 amide bonds. The van der Waals surface area contributed by atoms with Crippen LogP contribution in [0.15, 0.2) is 96.0 Å². The second kappa shape index (κ2) is 10.5. The fraction of sp³-hybridized carbons (Fsp3) is 0.179. The van der Waals surface area contributed by atoms with Crippen LogP contribution < -0.4 is 5.32 Å². The van der Waals surface area contributed by atoms with Crippen LogP contribution in [-0.4, -0.2) is 13.3 Å². The molecule has 0 aliphatic heterocycles. The van der Waals surface area contributed by atoms with Crippen molar-refractivity contribution in [3.8, 4) is 0 Å². The molecule has 0 aromatic heterocycles. The Kier molecular flexibility index (Phi) is 7.53. The number of likely N-dealkylation sites (N-methyl/N-ethyl adjacent to an activating group) is 1. The molecule has 2 heteroatoms. The third kappa shape index (κ3) is 4.84. The van der Waals surface area contributed by atoms with Gasteiger partial charge < -0.3 is 5.32 Å². The molecule has 4 aromatic rings. The molecule has 4 rings (SSSR count). The number of nitrogens with one attached hydrogen (secondary N) is 1. The summed E-state index contributed by atoms with van der Waals surface area (Å²) in [5.74, 6) is 0. The number of rotatable bonds is 6. The smallest absolute Gasteiger partial charge is 0.0674 e.